The summed E-state index contributed by atoms with van der Waals surface area (Å²) in [4.78, 5) is 22.6. The highest BCUT2D eigenvalue weighted by Gasteiger charge is 2.23. The molecule has 0 unspecified atom stereocenters. The number of rotatable bonds is 4. The summed E-state index contributed by atoms with van der Waals surface area (Å²) >= 11 is 1.63. The van der Waals surface area contributed by atoms with Crippen LogP contribution in [0.5, 0.6) is 11.5 Å². The number of phenolic OH excluding ortho intramolecular Hbond substituents is 1. The molecule has 0 aliphatic heterocycles. The van der Waals surface area contributed by atoms with Crippen LogP contribution in [0.2, 0.25) is 0 Å². The van der Waals surface area contributed by atoms with Crippen molar-refractivity contribution in [2.45, 2.75) is 32.6 Å². The van der Waals surface area contributed by atoms with Gasteiger partial charge in [0.1, 0.15) is 10.7 Å². The molecule has 0 saturated heterocycles. The number of H-pyrrole nitrogens is 1. The number of benzene rings is 1. The summed E-state index contributed by atoms with van der Waals surface area (Å²) in [6, 6.07) is 3.51. The Morgan fingerprint density at radius 3 is 3.04 bits per heavy atom. The van der Waals surface area contributed by atoms with Crippen LogP contribution in [0.15, 0.2) is 29.6 Å². The van der Waals surface area contributed by atoms with Crippen LogP contribution in [0.1, 0.15) is 29.3 Å². The molecule has 0 fully saturated rings. The predicted octanol–water partition coefficient (Wildman–Crippen LogP) is 4.22. The molecule has 2 aromatic heterocycles. The van der Waals surface area contributed by atoms with Crippen LogP contribution in [0, 0.1) is 5.92 Å². The summed E-state index contributed by atoms with van der Waals surface area (Å²) in [6.07, 6.45) is 5.28. The molecule has 1 aliphatic rings. The number of aromatic nitrogens is 2. The normalized spacial score (nSPS) is 16.3. The van der Waals surface area contributed by atoms with Crippen LogP contribution >= 0.6 is 11.3 Å². The lowest BCUT2D eigenvalue weighted by Gasteiger charge is -2.17. The van der Waals surface area contributed by atoms with Crippen LogP contribution in [0.4, 0.5) is 0 Å². The number of nitrogens with zero attached hydrogens (tertiary/aromatic N) is 1. The van der Waals surface area contributed by atoms with Gasteiger partial charge in [0.2, 0.25) is 0 Å². The van der Waals surface area contributed by atoms with E-state index in [2.05, 4.69) is 18.5 Å². The van der Waals surface area contributed by atoms with Crippen molar-refractivity contribution in [2.24, 2.45) is 5.92 Å². The van der Waals surface area contributed by atoms with Gasteiger partial charge in [0, 0.05) is 16.0 Å². The third-order valence-corrected chi connectivity index (χ3v) is 6.33. The number of hydrogen-bond donors (Lipinski definition) is 2. The fraction of sp³-hybridized carbons (Fsp3) is 0.333. The van der Waals surface area contributed by atoms with Gasteiger partial charge in [-0.3, -0.25) is 4.79 Å². The van der Waals surface area contributed by atoms with E-state index in [1.54, 1.807) is 23.5 Å². The zero-order valence-corrected chi connectivity index (χ0v) is 16.3. The highest BCUT2D eigenvalue weighted by Crippen LogP contribution is 2.38. The van der Waals surface area contributed by atoms with Gasteiger partial charge in [-0.2, -0.15) is 0 Å². The average Bonchev–Trinajstić information content (AvgIpc) is 3.01. The molecule has 2 heterocycles. The smallest absolute Gasteiger partial charge is 0.260 e. The van der Waals surface area contributed by atoms with E-state index in [4.69, 9.17) is 9.72 Å². The van der Waals surface area contributed by atoms with E-state index in [1.165, 1.54) is 17.6 Å². The molecule has 0 saturated carbocycles. The molecular formula is C21H22N2O3S. The van der Waals surface area contributed by atoms with Crippen LogP contribution < -0.4 is 10.3 Å². The molecule has 5 nitrogen and oxygen atoms in total. The minimum atomic E-state index is -0.0978. The summed E-state index contributed by atoms with van der Waals surface area (Å²) in [5, 5.41) is 11.0. The first kappa shape index (κ1) is 17.8. The molecule has 3 aromatic rings. The third-order valence-electron chi connectivity index (χ3n) is 5.18. The van der Waals surface area contributed by atoms with Gasteiger partial charge in [-0.05, 0) is 49.3 Å². The first-order valence-electron chi connectivity index (χ1n) is 9.07. The Kier molecular flexibility index (Phi) is 4.52. The average molecular weight is 382 g/mol. The second kappa shape index (κ2) is 6.85. The number of hydrogen-bond acceptors (Lipinski definition) is 5. The number of aromatic hydroxyl groups is 1. The number of aryl methyl sites for hydroxylation is 1. The summed E-state index contributed by atoms with van der Waals surface area (Å²) in [6.45, 7) is 5.98. The summed E-state index contributed by atoms with van der Waals surface area (Å²) in [7, 11) is 1.50. The van der Waals surface area contributed by atoms with Gasteiger partial charge in [-0.25, -0.2) is 4.98 Å². The zero-order chi connectivity index (χ0) is 19.1. The molecular weight excluding hydrogens is 360 g/mol. The van der Waals surface area contributed by atoms with Crippen LogP contribution in [0.25, 0.3) is 21.6 Å². The lowest BCUT2D eigenvalue weighted by molar-refractivity contribution is 0.371. The van der Waals surface area contributed by atoms with Crippen molar-refractivity contribution in [3.63, 3.8) is 0 Å². The summed E-state index contributed by atoms with van der Waals surface area (Å²) in [5.74, 6) is 1.58. The van der Waals surface area contributed by atoms with E-state index < -0.39 is 0 Å². The number of ether oxygens (including phenoxy) is 1. The molecule has 1 atom stereocenters. The number of nitrogens with one attached hydrogen (secondary N) is 1. The van der Waals surface area contributed by atoms with Gasteiger partial charge in [-0.1, -0.05) is 13.0 Å². The maximum Gasteiger partial charge on any atom is 0.260 e. The molecule has 6 heteroatoms. The van der Waals surface area contributed by atoms with E-state index in [1.807, 2.05) is 6.07 Å². The molecule has 140 valence electrons. The fourth-order valence-corrected chi connectivity index (χ4v) is 5.14. The monoisotopic (exact) mass is 382 g/mol. The van der Waals surface area contributed by atoms with E-state index in [0.29, 0.717) is 35.0 Å². The van der Waals surface area contributed by atoms with Crippen molar-refractivity contribution in [1.82, 2.24) is 9.97 Å². The number of methoxy groups -OCH3 is 1. The molecule has 1 aliphatic carbocycles. The number of phenols is 1. The quantitative estimate of drug-likeness (QED) is 0.663. The standard InChI is InChI=1S/C21H22N2O3S/c1-4-5-12-9-13(10-15(26-3)18(12)24)19-22-20(25)17-14-7-6-11(2)8-16(14)27-21(17)23-19/h4,9-11,24H,1,5-8H2,2-3H3,(H,22,23,25)/t11-/m0/s1. The molecule has 0 spiro atoms. The van der Waals surface area contributed by atoms with Crippen molar-refractivity contribution < 1.29 is 9.84 Å². The second-order valence-corrected chi connectivity index (χ2v) is 8.21. The van der Waals surface area contributed by atoms with Crippen molar-refractivity contribution in [3.8, 4) is 22.9 Å². The van der Waals surface area contributed by atoms with Crippen molar-refractivity contribution in [2.75, 3.05) is 7.11 Å². The Balaban J connectivity index is 1.89. The number of allylic oxidation sites excluding steroid dienone is 1. The third kappa shape index (κ3) is 3.04. The molecule has 0 bridgehead atoms. The second-order valence-electron chi connectivity index (χ2n) is 7.13. The molecule has 0 radical (unpaired) electrons. The van der Waals surface area contributed by atoms with Crippen LogP contribution in [0.3, 0.4) is 0 Å². The van der Waals surface area contributed by atoms with Gasteiger partial charge in [0.15, 0.2) is 11.5 Å². The molecule has 2 N–H and O–H groups in total. The fourth-order valence-electron chi connectivity index (χ4n) is 3.75. The minimum absolute atomic E-state index is 0.0881. The van der Waals surface area contributed by atoms with E-state index in [9.17, 15) is 9.90 Å². The maximum absolute atomic E-state index is 12.8. The largest absolute Gasteiger partial charge is 0.504 e. The Morgan fingerprint density at radius 2 is 2.30 bits per heavy atom. The number of fused-ring (bicyclic) bond motifs is 3. The van der Waals surface area contributed by atoms with Crippen molar-refractivity contribution in [1.29, 1.82) is 0 Å². The predicted molar refractivity (Wildman–Crippen MR) is 109 cm³/mol. The Morgan fingerprint density at radius 1 is 1.48 bits per heavy atom. The summed E-state index contributed by atoms with van der Waals surface area (Å²) in [5.41, 5.74) is 2.46. The SMILES string of the molecule is C=CCc1cc(-c2nc3sc4c(c3c(=O)[nH]2)CC[C@H](C)C4)cc(OC)c1O. The lowest BCUT2D eigenvalue weighted by atomic mass is 9.89. The van der Waals surface area contributed by atoms with Gasteiger partial charge in [-0.15, -0.1) is 17.9 Å². The minimum Gasteiger partial charge on any atom is -0.504 e. The highest BCUT2D eigenvalue weighted by molar-refractivity contribution is 7.18. The van der Waals surface area contributed by atoms with Crippen LogP contribution in [-0.4, -0.2) is 22.2 Å². The van der Waals surface area contributed by atoms with Crippen LogP contribution in [-0.2, 0) is 19.3 Å². The number of thiophene rings is 1. The van der Waals surface area contributed by atoms with Gasteiger partial charge in [0.25, 0.3) is 5.56 Å². The molecule has 27 heavy (non-hydrogen) atoms. The Bertz CT molecular complexity index is 1100. The van der Waals surface area contributed by atoms with E-state index >= 15 is 0 Å². The topological polar surface area (TPSA) is 75.2 Å². The van der Waals surface area contributed by atoms with Gasteiger partial charge < -0.3 is 14.8 Å². The Labute approximate surface area is 161 Å². The summed E-state index contributed by atoms with van der Waals surface area (Å²) < 4.78 is 5.29. The van der Waals surface area contributed by atoms with Gasteiger partial charge in [0.05, 0.1) is 12.5 Å². The zero-order valence-electron chi connectivity index (χ0n) is 15.5. The van der Waals surface area contributed by atoms with E-state index in [0.717, 1.165) is 29.5 Å². The molecule has 4 rings (SSSR count). The molecule has 0 amide bonds. The first-order chi connectivity index (χ1) is 13.0. The number of aromatic amines is 1. The van der Waals surface area contributed by atoms with E-state index in [-0.39, 0.29) is 11.3 Å². The van der Waals surface area contributed by atoms with Crippen molar-refractivity contribution in [3.05, 3.63) is 51.1 Å². The Hall–Kier alpha value is -2.60. The van der Waals surface area contributed by atoms with Crippen molar-refractivity contribution >= 4 is 21.6 Å². The highest BCUT2D eigenvalue weighted by atomic mass is 32.1. The molecule has 1 aromatic carbocycles. The maximum atomic E-state index is 12.8. The van der Waals surface area contributed by atoms with Gasteiger partial charge >= 0.3 is 0 Å². The lowest BCUT2D eigenvalue weighted by Crippen LogP contribution is -2.13. The first-order valence-corrected chi connectivity index (χ1v) is 9.89.